The van der Waals surface area contributed by atoms with E-state index in [0.29, 0.717) is 12.0 Å². The van der Waals surface area contributed by atoms with Gasteiger partial charge in [0.15, 0.2) is 0 Å². The van der Waals surface area contributed by atoms with E-state index in [2.05, 4.69) is 0 Å². The molecule has 23 heavy (non-hydrogen) atoms. The molecule has 1 aromatic rings. The number of benzene rings is 1. The van der Waals surface area contributed by atoms with E-state index in [1.54, 1.807) is 6.07 Å². The van der Waals surface area contributed by atoms with E-state index in [1.165, 1.54) is 17.1 Å². The first kappa shape index (κ1) is 15.5. The van der Waals surface area contributed by atoms with E-state index in [1.807, 2.05) is 32.9 Å². The lowest BCUT2D eigenvalue weighted by Crippen LogP contribution is -2.33. The number of fused-ring (bicyclic) bond motifs is 1. The Labute approximate surface area is 134 Å². The minimum absolute atomic E-state index is 0.243. The van der Waals surface area contributed by atoms with Gasteiger partial charge in [0, 0.05) is 12.2 Å². The number of carbonyl (C=O) groups excluding carboxylic acids is 3. The van der Waals surface area contributed by atoms with Crippen LogP contribution in [0, 0.1) is 0 Å². The minimum Gasteiger partial charge on any atom is -0.456 e. The molecular formula is C18H19NO4. The molecule has 5 heteroatoms. The van der Waals surface area contributed by atoms with Gasteiger partial charge in [0.05, 0.1) is 11.6 Å². The topological polar surface area (TPSA) is 63.7 Å². The summed E-state index contributed by atoms with van der Waals surface area (Å²) < 4.78 is 5.38. The Hall–Kier alpha value is -2.43. The van der Waals surface area contributed by atoms with Gasteiger partial charge in [-0.3, -0.25) is 14.5 Å². The third-order valence-electron chi connectivity index (χ3n) is 3.98. The summed E-state index contributed by atoms with van der Waals surface area (Å²) in [6.45, 7) is 5.48. The summed E-state index contributed by atoms with van der Waals surface area (Å²) in [7, 11) is 0. The summed E-state index contributed by atoms with van der Waals surface area (Å²) >= 11 is 0. The van der Waals surface area contributed by atoms with Crippen molar-refractivity contribution in [1.29, 1.82) is 0 Å². The zero-order valence-electron chi connectivity index (χ0n) is 13.5. The van der Waals surface area contributed by atoms with Crippen molar-refractivity contribution in [3.05, 3.63) is 47.0 Å². The zero-order chi connectivity index (χ0) is 16.8. The average Bonchev–Trinajstić information content (AvgIpc) is 3.00. The van der Waals surface area contributed by atoms with Gasteiger partial charge in [-0.1, -0.05) is 6.07 Å². The summed E-state index contributed by atoms with van der Waals surface area (Å²) in [6.07, 6.45) is 4.02. The fourth-order valence-electron chi connectivity index (χ4n) is 3.05. The van der Waals surface area contributed by atoms with Crippen molar-refractivity contribution >= 4 is 17.8 Å². The Morgan fingerprint density at radius 3 is 2.43 bits per heavy atom. The molecule has 5 nitrogen and oxygen atoms in total. The first-order valence-corrected chi connectivity index (χ1v) is 7.68. The van der Waals surface area contributed by atoms with E-state index >= 15 is 0 Å². The lowest BCUT2D eigenvalue weighted by molar-refractivity contribution is -0.139. The maximum atomic E-state index is 12.2. The standard InChI is InChI=1S/C18H19NO4/c1-18(2,3)23-17(22)12-4-6-13-11(10-12)5-7-14(13)19-15(20)8-9-16(19)21/h4,6,8-10,14H,5,7H2,1-3H3/t14-/m0/s1. The minimum atomic E-state index is -0.543. The molecule has 1 aromatic carbocycles. The van der Waals surface area contributed by atoms with Crippen LogP contribution in [0.25, 0.3) is 0 Å². The van der Waals surface area contributed by atoms with Crippen LogP contribution in [0.15, 0.2) is 30.4 Å². The highest BCUT2D eigenvalue weighted by Gasteiger charge is 2.36. The maximum Gasteiger partial charge on any atom is 0.338 e. The number of aryl methyl sites for hydroxylation is 1. The molecule has 120 valence electrons. The lowest BCUT2D eigenvalue weighted by atomic mass is 10.0. The molecule has 2 amide bonds. The van der Waals surface area contributed by atoms with E-state index < -0.39 is 5.60 Å². The third kappa shape index (κ3) is 2.91. The Morgan fingerprint density at radius 1 is 1.17 bits per heavy atom. The quantitative estimate of drug-likeness (QED) is 0.622. The van der Waals surface area contributed by atoms with Gasteiger partial charge in [-0.05, 0) is 56.9 Å². The van der Waals surface area contributed by atoms with Crippen LogP contribution in [0.3, 0.4) is 0 Å². The van der Waals surface area contributed by atoms with Gasteiger partial charge in [0.1, 0.15) is 5.60 Å². The highest BCUT2D eigenvalue weighted by Crippen LogP contribution is 2.37. The van der Waals surface area contributed by atoms with Crippen LogP contribution in [0.1, 0.15) is 54.7 Å². The number of hydrogen-bond acceptors (Lipinski definition) is 4. The second-order valence-corrected chi connectivity index (χ2v) is 6.85. The number of rotatable bonds is 2. The molecule has 2 aliphatic rings. The van der Waals surface area contributed by atoms with Crippen LogP contribution >= 0.6 is 0 Å². The fourth-order valence-corrected chi connectivity index (χ4v) is 3.05. The Morgan fingerprint density at radius 2 is 1.83 bits per heavy atom. The molecule has 3 rings (SSSR count). The first-order chi connectivity index (χ1) is 10.8. The number of esters is 1. The number of amides is 2. The summed E-state index contributed by atoms with van der Waals surface area (Å²) in [4.78, 5) is 37.2. The van der Waals surface area contributed by atoms with Gasteiger partial charge in [-0.15, -0.1) is 0 Å². The SMILES string of the molecule is CC(C)(C)OC(=O)c1ccc2c(c1)CC[C@@H]2N1C(=O)C=CC1=O. The zero-order valence-corrected chi connectivity index (χ0v) is 13.5. The van der Waals surface area contributed by atoms with Gasteiger partial charge in [0.25, 0.3) is 11.8 Å². The second-order valence-electron chi connectivity index (χ2n) is 6.85. The van der Waals surface area contributed by atoms with Crippen LogP contribution in [0.2, 0.25) is 0 Å². The van der Waals surface area contributed by atoms with Crippen LogP contribution < -0.4 is 0 Å². The van der Waals surface area contributed by atoms with Gasteiger partial charge >= 0.3 is 5.97 Å². The Balaban J connectivity index is 1.85. The lowest BCUT2D eigenvalue weighted by Gasteiger charge is -2.23. The molecule has 1 atom stereocenters. The predicted molar refractivity (Wildman–Crippen MR) is 83.7 cm³/mol. The van der Waals surface area contributed by atoms with Crippen molar-refractivity contribution in [2.45, 2.75) is 45.3 Å². The molecule has 0 radical (unpaired) electrons. The van der Waals surface area contributed by atoms with Gasteiger partial charge in [0.2, 0.25) is 0 Å². The molecule has 1 aliphatic heterocycles. The van der Waals surface area contributed by atoms with Gasteiger partial charge < -0.3 is 4.74 Å². The molecule has 0 unspecified atom stereocenters. The largest absolute Gasteiger partial charge is 0.456 e. The van der Waals surface area contributed by atoms with Gasteiger partial charge in [-0.25, -0.2) is 4.79 Å². The average molecular weight is 313 g/mol. The molecule has 0 saturated heterocycles. The van der Waals surface area contributed by atoms with Crippen molar-refractivity contribution in [2.24, 2.45) is 0 Å². The molecule has 0 fully saturated rings. The van der Waals surface area contributed by atoms with Crippen LogP contribution in [0.4, 0.5) is 0 Å². The number of hydrogen-bond donors (Lipinski definition) is 0. The molecule has 0 spiro atoms. The van der Waals surface area contributed by atoms with Crippen molar-refractivity contribution < 1.29 is 19.1 Å². The smallest absolute Gasteiger partial charge is 0.338 e. The van der Waals surface area contributed by atoms with Gasteiger partial charge in [-0.2, -0.15) is 0 Å². The number of nitrogens with zero attached hydrogens (tertiary/aromatic N) is 1. The monoisotopic (exact) mass is 313 g/mol. The van der Waals surface area contributed by atoms with Crippen LogP contribution in [-0.2, 0) is 20.7 Å². The highest BCUT2D eigenvalue weighted by molar-refractivity contribution is 6.13. The second kappa shape index (κ2) is 5.33. The molecular weight excluding hydrogens is 294 g/mol. The summed E-state index contributed by atoms with van der Waals surface area (Å²) in [6, 6.07) is 5.09. The molecule has 0 aromatic heterocycles. The number of carbonyl (C=O) groups is 3. The fraction of sp³-hybridized carbons (Fsp3) is 0.389. The maximum absolute atomic E-state index is 12.2. The highest BCUT2D eigenvalue weighted by atomic mass is 16.6. The first-order valence-electron chi connectivity index (χ1n) is 7.68. The van der Waals surface area contributed by atoms with E-state index in [-0.39, 0.29) is 23.8 Å². The molecule has 0 saturated carbocycles. The molecule has 1 aliphatic carbocycles. The normalized spacial score (nSPS) is 20.1. The van der Waals surface area contributed by atoms with E-state index in [4.69, 9.17) is 4.74 Å². The molecule has 0 N–H and O–H groups in total. The van der Waals surface area contributed by atoms with Crippen molar-refractivity contribution in [2.75, 3.05) is 0 Å². The Bertz CT molecular complexity index is 709. The van der Waals surface area contributed by atoms with Crippen molar-refractivity contribution in [1.82, 2.24) is 4.90 Å². The molecule has 0 bridgehead atoms. The van der Waals surface area contributed by atoms with Crippen LogP contribution in [-0.4, -0.2) is 28.3 Å². The Kier molecular flexibility index (Phi) is 3.59. The van der Waals surface area contributed by atoms with Crippen molar-refractivity contribution in [3.8, 4) is 0 Å². The van der Waals surface area contributed by atoms with Crippen LogP contribution in [0.5, 0.6) is 0 Å². The van der Waals surface area contributed by atoms with E-state index in [9.17, 15) is 14.4 Å². The van der Waals surface area contributed by atoms with Crippen molar-refractivity contribution in [3.63, 3.8) is 0 Å². The summed E-state index contributed by atoms with van der Waals surface area (Å²) in [5, 5.41) is 0. The summed E-state index contributed by atoms with van der Waals surface area (Å²) in [5.74, 6) is -0.910. The number of imide groups is 1. The number of ether oxygens (including phenoxy) is 1. The third-order valence-corrected chi connectivity index (χ3v) is 3.98. The predicted octanol–water partition coefficient (Wildman–Crippen LogP) is 2.55. The molecule has 1 heterocycles. The van der Waals surface area contributed by atoms with E-state index in [0.717, 1.165) is 17.5 Å². The summed E-state index contributed by atoms with van der Waals surface area (Å²) in [5.41, 5.74) is 1.88.